The Morgan fingerprint density at radius 3 is 2.72 bits per heavy atom. The molecule has 1 aromatic carbocycles. The minimum absolute atomic E-state index is 0. The maximum absolute atomic E-state index is 12.0. The summed E-state index contributed by atoms with van der Waals surface area (Å²) in [5.74, 6) is 0.422. The minimum Gasteiger partial charge on any atom is -0.348 e. The molecular formula is C13H18Cl2N2O. The zero-order valence-electron chi connectivity index (χ0n) is 10.3. The number of hydrogen-bond donors (Lipinski definition) is 2. The summed E-state index contributed by atoms with van der Waals surface area (Å²) < 4.78 is 0. The Kier molecular flexibility index (Phi) is 5.45. The van der Waals surface area contributed by atoms with Gasteiger partial charge < -0.3 is 11.1 Å². The van der Waals surface area contributed by atoms with Crippen LogP contribution in [0.3, 0.4) is 0 Å². The summed E-state index contributed by atoms with van der Waals surface area (Å²) in [5, 5.41) is 3.45. The van der Waals surface area contributed by atoms with E-state index in [1.165, 1.54) is 0 Å². The van der Waals surface area contributed by atoms with Gasteiger partial charge in [-0.2, -0.15) is 0 Å². The van der Waals surface area contributed by atoms with E-state index in [-0.39, 0.29) is 24.4 Å². The molecule has 0 aliphatic heterocycles. The van der Waals surface area contributed by atoms with Crippen LogP contribution in [0.1, 0.15) is 28.8 Å². The van der Waals surface area contributed by atoms with Crippen LogP contribution in [0.25, 0.3) is 0 Å². The van der Waals surface area contributed by atoms with Gasteiger partial charge in [-0.1, -0.05) is 17.7 Å². The molecule has 1 amide bonds. The number of amides is 1. The molecule has 0 aromatic heterocycles. The van der Waals surface area contributed by atoms with Crippen molar-refractivity contribution in [2.24, 2.45) is 11.7 Å². The third-order valence-corrected chi connectivity index (χ3v) is 3.44. The van der Waals surface area contributed by atoms with Crippen molar-refractivity contribution in [1.29, 1.82) is 0 Å². The van der Waals surface area contributed by atoms with Crippen LogP contribution in [0.15, 0.2) is 18.2 Å². The topological polar surface area (TPSA) is 55.1 Å². The first-order valence-corrected chi connectivity index (χ1v) is 6.26. The SMILES string of the molecule is Cc1ccc(C(=O)NC(CN)C2CC2)c(Cl)c1.Cl. The summed E-state index contributed by atoms with van der Waals surface area (Å²) in [5.41, 5.74) is 7.22. The first kappa shape index (κ1) is 15.3. The van der Waals surface area contributed by atoms with E-state index >= 15 is 0 Å². The highest BCUT2D eigenvalue weighted by molar-refractivity contribution is 6.33. The number of nitrogens with two attached hydrogens (primary N) is 1. The molecule has 0 spiro atoms. The summed E-state index contributed by atoms with van der Waals surface area (Å²) in [7, 11) is 0. The van der Waals surface area contributed by atoms with Crippen molar-refractivity contribution in [2.75, 3.05) is 6.54 Å². The Hall–Kier alpha value is -0.770. The highest BCUT2D eigenvalue weighted by atomic mass is 35.5. The number of aryl methyl sites for hydroxylation is 1. The average molecular weight is 289 g/mol. The smallest absolute Gasteiger partial charge is 0.253 e. The van der Waals surface area contributed by atoms with Gasteiger partial charge in [-0.15, -0.1) is 12.4 Å². The van der Waals surface area contributed by atoms with Crippen molar-refractivity contribution < 1.29 is 4.79 Å². The van der Waals surface area contributed by atoms with Gasteiger partial charge in [0.1, 0.15) is 0 Å². The number of rotatable bonds is 4. The van der Waals surface area contributed by atoms with E-state index in [0.29, 0.717) is 23.0 Å². The molecule has 1 aliphatic carbocycles. The molecule has 0 saturated heterocycles. The van der Waals surface area contributed by atoms with Gasteiger partial charge in [0.05, 0.1) is 10.6 Å². The maximum Gasteiger partial charge on any atom is 0.253 e. The highest BCUT2D eigenvalue weighted by Gasteiger charge is 2.31. The lowest BCUT2D eigenvalue weighted by Gasteiger charge is -2.16. The molecule has 3 nitrogen and oxygen atoms in total. The van der Waals surface area contributed by atoms with Gasteiger partial charge in [0.2, 0.25) is 0 Å². The van der Waals surface area contributed by atoms with E-state index in [4.69, 9.17) is 17.3 Å². The largest absolute Gasteiger partial charge is 0.348 e. The lowest BCUT2D eigenvalue weighted by Crippen LogP contribution is -2.41. The molecule has 1 aliphatic rings. The highest BCUT2D eigenvalue weighted by Crippen LogP contribution is 2.32. The first-order valence-electron chi connectivity index (χ1n) is 5.89. The Morgan fingerprint density at radius 1 is 1.56 bits per heavy atom. The molecule has 0 radical (unpaired) electrons. The van der Waals surface area contributed by atoms with Gasteiger partial charge in [-0.05, 0) is 43.4 Å². The molecule has 1 unspecified atom stereocenters. The summed E-state index contributed by atoms with van der Waals surface area (Å²) in [6.45, 7) is 2.43. The minimum atomic E-state index is -0.127. The van der Waals surface area contributed by atoms with E-state index in [0.717, 1.165) is 18.4 Å². The lowest BCUT2D eigenvalue weighted by atomic mass is 10.1. The van der Waals surface area contributed by atoms with Crippen molar-refractivity contribution in [3.05, 3.63) is 34.3 Å². The van der Waals surface area contributed by atoms with Crippen LogP contribution < -0.4 is 11.1 Å². The van der Waals surface area contributed by atoms with E-state index < -0.39 is 0 Å². The Morgan fingerprint density at radius 2 is 2.22 bits per heavy atom. The summed E-state index contributed by atoms with van der Waals surface area (Å²) in [4.78, 5) is 12.0. The Bertz CT molecular complexity index is 433. The number of nitrogens with one attached hydrogen (secondary N) is 1. The fourth-order valence-electron chi connectivity index (χ4n) is 1.92. The van der Waals surface area contributed by atoms with E-state index in [9.17, 15) is 4.79 Å². The molecule has 3 N–H and O–H groups in total. The second kappa shape index (κ2) is 6.41. The number of benzene rings is 1. The number of halogens is 2. The normalized spacial score (nSPS) is 15.7. The molecule has 1 saturated carbocycles. The summed E-state index contributed by atoms with van der Waals surface area (Å²) >= 11 is 6.05. The molecule has 1 atom stereocenters. The van der Waals surface area contributed by atoms with Gasteiger partial charge in [0.25, 0.3) is 5.91 Å². The lowest BCUT2D eigenvalue weighted by molar-refractivity contribution is 0.0933. The molecule has 1 aromatic rings. The third kappa shape index (κ3) is 3.61. The van der Waals surface area contributed by atoms with Crippen LogP contribution >= 0.6 is 24.0 Å². The summed E-state index contributed by atoms with van der Waals surface area (Å²) in [6, 6.07) is 5.52. The second-order valence-electron chi connectivity index (χ2n) is 4.64. The van der Waals surface area contributed by atoms with Gasteiger partial charge in [-0.3, -0.25) is 4.79 Å². The van der Waals surface area contributed by atoms with Crippen molar-refractivity contribution in [3.63, 3.8) is 0 Å². The number of carbonyl (C=O) groups excluding carboxylic acids is 1. The van der Waals surface area contributed by atoms with Crippen molar-refractivity contribution in [2.45, 2.75) is 25.8 Å². The zero-order valence-corrected chi connectivity index (χ0v) is 11.9. The van der Waals surface area contributed by atoms with Gasteiger partial charge in [-0.25, -0.2) is 0 Å². The van der Waals surface area contributed by atoms with Crippen molar-refractivity contribution >= 4 is 29.9 Å². The third-order valence-electron chi connectivity index (χ3n) is 3.13. The number of carbonyl (C=O) groups is 1. The van der Waals surface area contributed by atoms with Crippen LogP contribution in [0, 0.1) is 12.8 Å². The molecule has 0 heterocycles. The molecular weight excluding hydrogens is 271 g/mol. The van der Waals surface area contributed by atoms with E-state index in [1.54, 1.807) is 12.1 Å². The monoisotopic (exact) mass is 288 g/mol. The quantitative estimate of drug-likeness (QED) is 0.895. The fraction of sp³-hybridized carbons (Fsp3) is 0.462. The molecule has 1 fully saturated rings. The van der Waals surface area contributed by atoms with Crippen LogP contribution in [-0.2, 0) is 0 Å². The average Bonchev–Trinajstić information content (AvgIpc) is 3.09. The predicted molar refractivity (Wildman–Crippen MR) is 76.5 cm³/mol. The van der Waals surface area contributed by atoms with Crippen LogP contribution in [0.4, 0.5) is 0 Å². The van der Waals surface area contributed by atoms with Crippen molar-refractivity contribution in [1.82, 2.24) is 5.32 Å². The van der Waals surface area contributed by atoms with Crippen LogP contribution in [0.5, 0.6) is 0 Å². The number of hydrogen-bond acceptors (Lipinski definition) is 2. The standard InChI is InChI=1S/C13H17ClN2O.ClH/c1-8-2-5-10(11(14)6-8)13(17)16-12(7-15)9-3-4-9;/h2,5-6,9,12H,3-4,7,15H2,1H3,(H,16,17);1H. The molecule has 0 bridgehead atoms. The maximum atomic E-state index is 12.0. The predicted octanol–water partition coefficient (Wildman–Crippen LogP) is 2.54. The summed E-state index contributed by atoms with van der Waals surface area (Å²) in [6.07, 6.45) is 2.31. The van der Waals surface area contributed by atoms with Crippen molar-refractivity contribution in [3.8, 4) is 0 Å². The van der Waals surface area contributed by atoms with Crippen LogP contribution in [0.2, 0.25) is 5.02 Å². The van der Waals surface area contributed by atoms with Gasteiger partial charge >= 0.3 is 0 Å². The zero-order chi connectivity index (χ0) is 12.4. The van der Waals surface area contributed by atoms with Gasteiger partial charge in [0.15, 0.2) is 0 Å². The molecule has 100 valence electrons. The van der Waals surface area contributed by atoms with E-state index in [1.807, 2.05) is 13.0 Å². The molecule has 2 rings (SSSR count). The Balaban J connectivity index is 0.00000162. The fourth-order valence-corrected chi connectivity index (χ4v) is 2.24. The van der Waals surface area contributed by atoms with Gasteiger partial charge in [0, 0.05) is 12.6 Å². The first-order chi connectivity index (χ1) is 8.11. The molecule has 18 heavy (non-hydrogen) atoms. The van der Waals surface area contributed by atoms with Crippen LogP contribution in [-0.4, -0.2) is 18.5 Å². The van der Waals surface area contributed by atoms with E-state index in [2.05, 4.69) is 5.32 Å². The second-order valence-corrected chi connectivity index (χ2v) is 5.04. The molecule has 5 heteroatoms. The Labute approximate surface area is 118 Å².